The maximum Gasteiger partial charge on any atom is 0.318 e. The zero-order valence-corrected chi connectivity index (χ0v) is 20.3. The highest BCUT2D eigenvalue weighted by Crippen LogP contribution is 2.30. The Morgan fingerprint density at radius 3 is 2.86 bits per heavy atom. The lowest BCUT2D eigenvalue weighted by Gasteiger charge is -2.40. The summed E-state index contributed by atoms with van der Waals surface area (Å²) in [6.07, 6.45) is 11.7. The zero-order valence-electron chi connectivity index (χ0n) is 20.3. The summed E-state index contributed by atoms with van der Waals surface area (Å²) in [6.45, 7) is 5.30. The number of nitrogens with one attached hydrogen (secondary N) is 2. The molecule has 2 N–H and O–H groups in total. The van der Waals surface area contributed by atoms with Crippen LogP contribution in [0.3, 0.4) is 0 Å². The van der Waals surface area contributed by atoms with Crippen molar-refractivity contribution in [1.29, 1.82) is 0 Å². The smallest absolute Gasteiger partial charge is 0.318 e. The number of hydrogen-bond acceptors (Lipinski definition) is 6. The Morgan fingerprint density at radius 1 is 1.23 bits per heavy atom. The Bertz CT molecular complexity index is 1230. The van der Waals surface area contributed by atoms with Crippen LogP contribution in [0.1, 0.15) is 37.4 Å². The molecule has 3 heterocycles. The van der Waals surface area contributed by atoms with E-state index in [1.807, 2.05) is 33.2 Å². The van der Waals surface area contributed by atoms with Crippen LogP contribution in [0.4, 0.5) is 16.4 Å². The van der Waals surface area contributed by atoms with E-state index in [-0.39, 0.29) is 24.3 Å². The molecule has 1 aliphatic carbocycles. The molecule has 2 aliphatic rings. The number of hydrogen-bond donors (Lipinski definition) is 2. The molecule has 35 heavy (non-hydrogen) atoms. The minimum absolute atomic E-state index is 0.0536. The van der Waals surface area contributed by atoms with Crippen molar-refractivity contribution in [1.82, 2.24) is 30.0 Å². The molecule has 0 saturated carbocycles. The molecule has 0 spiro atoms. The first-order valence-electron chi connectivity index (χ1n) is 12.0. The van der Waals surface area contributed by atoms with E-state index >= 15 is 0 Å². The van der Waals surface area contributed by atoms with Crippen molar-refractivity contribution >= 4 is 17.7 Å². The Morgan fingerprint density at radius 2 is 2.09 bits per heavy atom. The molecular weight excluding hydrogens is 442 g/mol. The van der Waals surface area contributed by atoms with E-state index in [1.165, 1.54) is 5.56 Å². The molecule has 0 bridgehead atoms. The highest BCUT2D eigenvalue weighted by molar-refractivity contribution is 5.76. The molecule has 182 valence electrons. The van der Waals surface area contributed by atoms with Crippen molar-refractivity contribution in [3.63, 3.8) is 0 Å². The van der Waals surface area contributed by atoms with Gasteiger partial charge in [0, 0.05) is 25.0 Å². The van der Waals surface area contributed by atoms with Gasteiger partial charge in [0.15, 0.2) is 0 Å². The third-order valence-electron chi connectivity index (χ3n) is 6.18. The topological polar surface area (TPSA) is 97.2 Å². The molecular formula is C26H31N7O2. The van der Waals surface area contributed by atoms with Gasteiger partial charge in [-0.05, 0) is 49.9 Å². The largest absolute Gasteiger partial charge is 0.372 e. The quantitative estimate of drug-likeness (QED) is 0.526. The van der Waals surface area contributed by atoms with Crippen LogP contribution < -0.4 is 10.6 Å². The number of carbonyl (C=O) groups is 1. The third kappa shape index (κ3) is 5.35. The average molecular weight is 474 g/mol. The van der Waals surface area contributed by atoms with Crippen LogP contribution in [0.2, 0.25) is 0 Å². The van der Waals surface area contributed by atoms with Crippen LogP contribution in [0.25, 0.3) is 11.3 Å². The number of carbonyl (C=O) groups excluding carboxylic acids is 1. The lowest BCUT2D eigenvalue weighted by Crippen LogP contribution is -2.58. The van der Waals surface area contributed by atoms with Gasteiger partial charge in [-0.3, -0.25) is 4.68 Å². The Hall–Kier alpha value is -3.72. The molecule has 9 heteroatoms. The molecule has 1 aliphatic heterocycles. The Balaban J connectivity index is 1.30. The summed E-state index contributed by atoms with van der Waals surface area (Å²) >= 11 is 0. The minimum Gasteiger partial charge on any atom is -0.372 e. The first-order valence-corrected chi connectivity index (χ1v) is 12.0. The van der Waals surface area contributed by atoms with E-state index < -0.39 is 0 Å². The van der Waals surface area contributed by atoms with E-state index in [2.05, 4.69) is 51.1 Å². The van der Waals surface area contributed by atoms with Gasteiger partial charge >= 0.3 is 6.03 Å². The molecule has 1 fully saturated rings. The first kappa shape index (κ1) is 23.0. The fraction of sp³-hybridized carbons (Fsp3) is 0.385. The van der Waals surface area contributed by atoms with Crippen molar-refractivity contribution in [2.45, 2.75) is 44.9 Å². The summed E-state index contributed by atoms with van der Waals surface area (Å²) in [5.41, 5.74) is 5.02. The fourth-order valence-corrected chi connectivity index (χ4v) is 4.48. The van der Waals surface area contributed by atoms with Crippen LogP contribution in [-0.2, 0) is 18.2 Å². The monoisotopic (exact) mass is 473 g/mol. The highest BCUT2D eigenvalue weighted by atomic mass is 16.5. The number of benzene rings is 1. The standard InChI is InChI=1S/C26H31N7O2/c1-17(2)35-21-15-33(16-21)26(34)31-24-7-5-4-6-18-12-19(8-9-22(18)24)23-10-11-27-25(30-23)29-20-13-28-32(3)14-20/h5,7-14,17,21,24H,4,6,15-16H2,1-3H3,(H,31,34)(H,27,29,30)/t24-/m1/s1. The van der Waals surface area contributed by atoms with E-state index in [1.54, 1.807) is 22.0 Å². The van der Waals surface area contributed by atoms with Gasteiger partial charge in [-0.1, -0.05) is 24.3 Å². The molecule has 9 nitrogen and oxygen atoms in total. The number of nitrogens with zero attached hydrogens (tertiary/aromatic N) is 5. The van der Waals surface area contributed by atoms with Gasteiger partial charge in [0.1, 0.15) is 0 Å². The molecule has 1 saturated heterocycles. The summed E-state index contributed by atoms with van der Waals surface area (Å²) in [4.78, 5) is 23.7. The van der Waals surface area contributed by atoms with Crippen LogP contribution in [0.15, 0.2) is 55.0 Å². The molecule has 1 aromatic carbocycles. The molecule has 3 aromatic rings. The maximum absolute atomic E-state index is 12.8. The minimum atomic E-state index is -0.160. The second kappa shape index (κ2) is 9.87. The Labute approximate surface area is 205 Å². The third-order valence-corrected chi connectivity index (χ3v) is 6.18. The van der Waals surface area contributed by atoms with Gasteiger partial charge in [-0.15, -0.1) is 0 Å². The fourth-order valence-electron chi connectivity index (χ4n) is 4.48. The maximum atomic E-state index is 12.8. The number of aryl methyl sites for hydroxylation is 2. The molecule has 2 amide bonds. The van der Waals surface area contributed by atoms with Crippen molar-refractivity contribution < 1.29 is 9.53 Å². The van der Waals surface area contributed by atoms with Crippen LogP contribution >= 0.6 is 0 Å². The predicted molar refractivity (Wildman–Crippen MR) is 134 cm³/mol. The van der Waals surface area contributed by atoms with Gasteiger partial charge < -0.3 is 20.3 Å². The zero-order chi connectivity index (χ0) is 24.4. The lowest BCUT2D eigenvalue weighted by atomic mass is 9.96. The summed E-state index contributed by atoms with van der Waals surface area (Å²) in [7, 11) is 1.87. The van der Waals surface area contributed by atoms with Crippen molar-refractivity contribution in [2.75, 3.05) is 18.4 Å². The van der Waals surface area contributed by atoms with E-state index in [9.17, 15) is 4.79 Å². The molecule has 2 aromatic heterocycles. The van der Waals surface area contributed by atoms with Crippen molar-refractivity contribution in [3.05, 3.63) is 66.1 Å². The Kier molecular flexibility index (Phi) is 6.50. The molecule has 0 unspecified atom stereocenters. The number of amides is 2. The van der Waals surface area contributed by atoms with Gasteiger partial charge in [-0.25, -0.2) is 14.8 Å². The van der Waals surface area contributed by atoms with Crippen LogP contribution in [0.5, 0.6) is 0 Å². The lowest BCUT2D eigenvalue weighted by molar-refractivity contribution is -0.0643. The van der Waals surface area contributed by atoms with E-state index in [4.69, 9.17) is 9.72 Å². The molecule has 5 rings (SSSR count). The SMILES string of the molecule is CC(C)OC1CN(C(=O)N[C@@H]2C=CCCc3cc(-c4ccnc(Nc5cnn(C)c5)n4)ccc32)C1. The van der Waals surface area contributed by atoms with Crippen LogP contribution in [-0.4, -0.2) is 56.0 Å². The van der Waals surface area contributed by atoms with Crippen LogP contribution in [0, 0.1) is 0 Å². The number of rotatable bonds is 6. The van der Waals surface area contributed by atoms with Gasteiger partial charge in [0.05, 0.1) is 48.9 Å². The number of anilines is 2. The van der Waals surface area contributed by atoms with Crippen molar-refractivity contribution in [3.8, 4) is 11.3 Å². The normalized spacial score (nSPS) is 17.6. The van der Waals surface area contributed by atoms with Gasteiger partial charge in [0.2, 0.25) is 5.95 Å². The number of urea groups is 1. The highest BCUT2D eigenvalue weighted by Gasteiger charge is 2.33. The van der Waals surface area contributed by atoms with E-state index in [0.717, 1.165) is 35.3 Å². The number of fused-ring (bicyclic) bond motifs is 1. The summed E-state index contributed by atoms with van der Waals surface area (Å²) in [6, 6.07) is 8.03. The number of aromatic nitrogens is 4. The second-order valence-corrected chi connectivity index (χ2v) is 9.31. The number of ether oxygens (including phenoxy) is 1. The number of allylic oxidation sites excluding steroid dienone is 1. The number of likely N-dealkylation sites (tertiary alicyclic amines) is 1. The summed E-state index contributed by atoms with van der Waals surface area (Å²) in [5, 5.41) is 10.6. The summed E-state index contributed by atoms with van der Waals surface area (Å²) < 4.78 is 7.50. The second-order valence-electron chi connectivity index (χ2n) is 9.31. The van der Waals surface area contributed by atoms with Gasteiger partial charge in [0.25, 0.3) is 0 Å². The predicted octanol–water partition coefficient (Wildman–Crippen LogP) is 3.98. The van der Waals surface area contributed by atoms with Gasteiger partial charge in [-0.2, -0.15) is 5.10 Å². The van der Waals surface area contributed by atoms with E-state index in [0.29, 0.717) is 19.0 Å². The molecule has 1 atom stereocenters. The van der Waals surface area contributed by atoms with Crippen molar-refractivity contribution in [2.24, 2.45) is 7.05 Å². The summed E-state index contributed by atoms with van der Waals surface area (Å²) in [5.74, 6) is 0.520. The average Bonchev–Trinajstić information content (AvgIpc) is 3.11. The molecule has 0 radical (unpaired) electrons. The first-order chi connectivity index (χ1) is 16.9.